The van der Waals surface area contributed by atoms with Crippen molar-refractivity contribution >= 4 is 45.7 Å². The molecule has 2 nitrogen and oxygen atoms in total. The third-order valence-electron chi connectivity index (χ3n) is 7.41. The van der Waals surface area contributed by atoms with Gasteiger partial charge in [0.1, 0.15) is 0 Å². The highest BCUT2D eigenvalue weighted by molar-refractivity contribution is 6.36. The van der Waals surface area contributed by atoms with Crippen LogP contribution in [0.25, 0.3) is 0 Å². The van der Waals surface area contributed by atoms with Crippen LogP contribution in [0.5, 0.6) is 0 Å². The van der Waals surface area contributed by atoms with E-state index in [0.29, 0.717) is 5.02 Å². The number of hydrogen-bond acceptors (Lipinski definition) is 2. The molecule has 0 atom stereocenters. The SMILES string of the molecule is CC(C)(C)c1cccc(N(c2ccccc2)c2cccc(N(c3ccccc3)c3cccc(C(C)(C)C)c3)c2Cl)c1. The Morgan fingerprint density at radius 3 is 1.12 bits per heavy atom. The molecular weight excluding hydrogens is 520 g/mol. The van der Waals surface area contributed by atoms with Crippen molar-refractivity contribution in [1.29, 1.82) is 0 Å². The summed E-state index contributed by atoms with van der Waals surface area (Å²) in [6.45, 7) is 13.5. The van der Waals surface area contributed by atoms with Gasteiger partial charge in [0.2, 0.25) is 0 Å². The molecular formula is C38H39ClN2. The zero-order chi connectivity index (χ0) is 29.2. The van der Waals surface area contributed by atoms with Gasteiger partial charge in [0.05, 0.1) is 16.4 Å². The van der Waals surface area contributed by atoms with Crippen molar-refractivity contribution in [3.8, 4) is 0 Å². The van der Waals surface area contributed by atoms with Gasteiger partial charge in [-0.2, -0.15) is 0 Å². The predicted octanol–water partition coefficient (Wildman–Crippen LogP) is 11.9. The van der Waals surface area contributed by atoms with Crippen LogP contribution in [0.1, 0.15) is 52.7 Å². The maximum absolute atomic E-state index is 7.47. The van der Waals surface area contributed by atoms with Crippen LogP contribution in [-0.4, -0.2) is 0 Å². The molecule has 0 bridgehead atoms. The van der Waals surface area contributed by atoms with Gasteiger partial charge in [0.25, 0.3) is 0 Å². The molecule has 5 rings (SSSR count). The maximum atomic E-state index is 7.47. The molecule has 5 aromatic carbocycles. The Hall–Kier alpha value is -4.01. The van der Waals surface area contributed by atoms with E-state index in [-0.39, 0.29) is 10.8 Å². The van der Waals surface area contributed by atoms with E-state index in [9.17, 15) is 0 Å². The van der Waals surface area contributed by atoms with Gasteiger partial charge in [-0.15, -0.1) is 0 Å². The summed E-state index contributed by atoms with van der Waals surface area (Å²) in [4.78, 5) is 4.52. The second-order valence-corrected chi connectivity index (χ2v) is 12.9. The molecule has 0 radical (unpaired) electrons. The summed E-state index contributed by atoms with van der Waals surface area (Å²) in [5.74, 6) is 0. The number of anilines is 6. The topological polar surface area (TPSA) is 6.48 Å². The van der Waals surface area contributed by atoms with Crippen molar-refractivity contribution < 1.29 is 0 Å². The van der Waals surface area contributed by atoms with E-state index < -0.39 is 0 Å². The van der Waals surface area contributed by atoms with Crippen molar-refractivity contribution in [2.45, 2.75) is 52.4 Å². The van der Waals surface area contributed by atoms with E-state index in [4.69, 9.17) is 11.6 Å². The summed E-state index contributed by atoms with van der Waals surface area (Å²) < 4.78 is 0. The van der Waals surface area contributed by atoms with Crippen LogP contribution in [0.4, 0.5) is 34.1 Å². The van der Waals surface area contributed by atoms with Crippen LogP contribution in [0.3, 0.4) is 0 Å². The second-order valence-electron chi connectivity index (χ2n) is 12.6. The van der Waals surface area contributed by atoms with Crippen LogP contribution in [0.2, 0.25) is 5.02 Å². The molecule has 0 saturated heterocycles. The van der Waals surface area contributed by atoms with Gasteiger partial charge in [-0.05, 0) is 82.6 Å². The highest BCUT2D eigenvalue weighted by atomic mass is 35.5. The Morgan fingerprint density at radius 1 is 0.415 bits per heavy atom. The molecule has 0 aliphatic heterocycles. The predicted molar refractivity (Wildman–Crippen MR) is 178 cm³/mol. The van der Waals surface area contributed by atoms with Crippen molar-refractivity contribution in [2.24, 2.45) is 0 Å². The molecule has 208 valence electrons. The zero-order valence-corrected chi connectivity index (χ0v) is 25.7. The summed E-state index contributed by atoms with van der Waals surface area (Å²) in [6.07, 6.45) is 0. The normalized spacial score (nSPS) is 11.8. The quantitative estimate of drug-likeness (QED) is 0.204. The Kier molecular flexibility index (Phi) is 7.98. The summed E-state index contributed by atoms with van der Waals surface area (Å²) >= 11 is 7.47. The van der Waals surface area contributed by atoms with Crippen LogP contribution in [0.15, 0.2) is 127 Å². The molecule has 0 aromatic heterocycles. The highest BCUT2D eigenvalue weighted by Crippen LogP contribution is 2.47. The fourth-order valence-corrected chi connectivity index (χ4v) is 5.38. The van der Waals surface area contributed by atoms with E-state index in [1.54, 1.807) is 0 Å². The van der Waals surface area contributed by atoms with Gasteiger partial charge in [-0.1, -0.05) is 120 Å². The maximum Gasteiger partial charge on any atom is 0.0887 e. The minimum atomic E-state index is 0.0200. The first kappa shape index (κ1) is 28.5. The molecule has 41 heavy (non-hydrogen) atoms. The molecule has 3 heteroatoms. The van der Waals surface area contributed by atoms with Gasteiger partial charge in [-0.3, -0.25) is 0 Å². The van der Waals surface area contributed by atoms with E-state index in [1.807, 2.05) is 12.1 Å². The lowest BCUT2D eigenvalue weighted by Crippen LogP contribution is -2.17. The molecule has 0 unspecified atom stereocenters. The molecule has 0 spiro atoms. The molecule has 0 aliphatic carbocycles. The lowest BCUT2D eigenvalue weighted by Gasteiger charge is -2.32. The Bertz CT molecular complexity index is 1490. The van der Waals surface area contributed by atoms with Crippen LogP contribution in [-0.2, 0) is 10.8 Å². The van der Waals surface area contributed by atoms with Crippen LogP contribution >= 0.6 is 11.6 Å². The van der Waals surface area contributed by atoms with Gasteiger partial charge in [-0.25, -0.2) is 0 Å². The minimum absolute atomic E-state index is 0.0200. The first-order chi connectivity index (χ1) is 19.5. The number of benzene rings is 5. The monoisotopic (exact) mass is 558 g/mol. The number of para-hydroxylation sites is 2. The molecule has 0 aliphatic rings. The first-order valence-electron chi connectivity index (χ1n) is 14.2. The van der Waals surface area contributed by atoms with Crippen molar-refractivity contribution in [3.63, 3.8) is 0 Å². The van der Waals surface area contributed by atoms with E-state index in [2.05, 4.69) is 167 Å². The second kappa shape index (κ2) is 11.5. The van der Waals surface area contributed by atoms with Crippen LogP contribution in [0, 0.1) is 0 Å². The fourth-order valence-electron chi connectivity index (χ4n) is 5.08. The average molecular weight is 559 g/mol. The largest absolute Gasteiger partial charge is 0.309 e. The molecule has 5 aromatic rings. The molecule has 0 fully saturated rings. The lowest BCUT2D eigenvalue weighted by atomic mass is 9.86. The summed E-state index contributed by atoms with van der Waals surface area (Å²) in [7, 11) is 0. The number of halogens is 1. The molecule has 0 amide bonds. The summed E-state index contributed by atoms with van der Waals surface area (Å²) in [5.41, 5.74) is 8.69. The Morgan fingerprint density at radius 2 is 0.756 bits per heavy atom. The summed E-state index contributed by atoms with van der Waals surface area (Å²) in [6, 6.07) is 44.8. The number of rotatable bonds is 6. The molecule has 0 N–H and O–H groups in total. The Labute approximate surface area is 250 Å². The number of nitrogens with zero attached hydrogens (tertiary/aromatic N) is 2. The van der Waals surface area contributed by atoms with Gasteiger partial charge in [0.15, 0.2) is 0 Å². The highest BCUT2D eigenvalue weighted by Gasteiger charge is 2.24. The zero-order valence-electron chi connectivity index (χ0n) is 24.9. The van der Waals surface area contributed by atoms with Gasteiger partial charge >= 0.3 is 0 Å². The van der Waals surface area contributed by atoms with Gasteiger partial charge < -0.3 is 9.80 Å². The molecule has 0 heterocycles. The fraction of sp³-hybridized carbons (Fsp3) is 0.211. The van der Waals surface area contributed by atoms with E-state index >= 15 is 0 Å². The summed E-state index contributed by atoms with van der Waals surface area (Å²) in [5, 5.41) is 0.683. The van der Waals surface area contributed by atoms with E-state index in [0.717, 1.165) is 34.1 Å². The Balaban J connectivity index is 1.73. The first-order valence-corrected chi connectivity index (χ1v) is 14.6. The van der Waals surface area contributed by atoms with Crippen LogP contribution < -0.4 is 9.80 Å². The number of hydrogen-bond donors (Lipinski definition) is 0. The van der Waals surface area contributed by atoms with Crippen molar-refractivity contribution in [3.05, 3.63) is 144 Å². The van der Waals surface area contributed by atoms with E-state index in [1.165, 1.54) is 11.1 Å². The lowest BCUT2D eigenvalue weighted by molar-refractivity contribution is 0.590. The van der Waals surface area contributed by atoms with Crippen molar-refractivity contribution in [1.82, 2.24) is 0 Å². The average Bonchev–Trinajstić information content (AvgIpc) is 2.96. The molecule has 0 saturated carbocycles. The van der Waals surface area contributed by atoms with Crippen molar-refractivity contribution in [2.75, 3.05) is 9.80 Å². The minimum Gasteiger partial charge on any atom is -0.309 e. The third kappa shape index (κ3) is 6.19. The van der Waals surface area contributed by atoms with Gasteiger partial charge in [0, 0.05) is 22.7 Å². The smallest absolute Gasteiger partial charge is 0.0887 e. The third-order valence-corrected chi connectivity index (χ3v) is 7.80. The standard InChI is InChI=1S/C38H39ClN2/c1-37(2,3)28-16-13-22-32(26-28)40(30-18-9-7-10-19-30)34-24-15-25-35(36(34)39)41(31-20-11-8-12-21-31)33-23-14-17-29(27-33)38(4,5)6/h7-27H,1-6H3.